The van der Waals surface area contributed by atoms with Crippen molar-refractivity contribution in [2.45, 2.75) is 18.9 Å². The van der Waals surface area contributed by atoms with Gasteiger partial charge in [0.05, 0.1) is 59.0 Å². The molecule has 1 aliphatic carbocycles. The standard InChI is InChI=1S/C17H29NO5/c1-2-3-19-4-5-20-6-7-21-8-9-22-10-11-23-16-12-17(13-16)14-18-15-17/h1,16,18H,3-15H2. The predicted molar refractivity (Wildman–Crippen MR) is 86.4 cm³/mol. The molecule has 6 nitrogen and oxygen atoms in total. The lowest BCUT2D eigenvalue weighted by Crippen LogP contribution is -2.62. The molecule has 23 heavy (non-hydrogen) atoms. The Kier molecular flexibility index (Phi) is 8.90. The van der Waals surface area contributed by atoms with Crippen LogP contribution in [-0.4, -0.2) is 78.7 Å². The van der Waals surface area contributed by atoms with Gasteiger partial charge in [0.1, 0.15) is 6.61 Å². The van der Waals surface area contributed by atoms with Crippen LogP contribution in [-0.2, 0) is 23.7 Å². The molecule has 0 atom stereocenters. The molecular weight excluding hydrogens is 298 g/mol. The first-order valence-electron chi connectivity index (χ1n) is 8.41. The normalized spacial score (nSPS) is 19.3. The van der Waals surface area contributed by atoms with Gasteiger partial charge < -0.3 is 29.0 Å². The monoisotopic (exact) mass is 327 g/mol. The molecule has 1 spiro atoms. The minimum absolute atomic E-state index is 0.333. The maximum atomic E-state index is 5.77. The summed E-state index contributed by atoms with van der Waals surface area (Å²) in [6, 6.07) is 0. The van der Waals surface area contributed by atoms with Gasteiger partial charge in [-0.25, -0.2) is 0 Å². The van der Waals surface area contributed by atoms with Crippen molar-refractivity contribution < 1.29 is 23.7 Å². The van der Waals surface area contributed by atoms with Gasteiger partial charge in [-0.15, -0.1) is 6.42 Å². The van der Waals surface area contributed by atoms with E-state index < -0.39 is 0 Å². The van der Waals surface area contributed by atoms with Crippen LogP contribution in [0.1, 0.15) is 12.8 Å². The fourth-order valence-corrected chi connectivity index (χ4v) is 2.86. The van der Waals surface area contributed by atoms with Crippen LogP contribution in [0.25, 0.3) is 0 Å². The zero-order chi connectivity index (χ0) is 16.2. The third kappa shape index (κ3) is 7.17. The SMILES string of the molecule is C#CCOCCOCCOCCOCCOC1CC2(CNC2)C1. The van der Waals surface area contributed by atoms with E-state index >= 15 is 0 Å². The molecule has 1 saturated heterocycles. The van der Waals surface area contributed by atoms with Crippen LogP contribution in [0.2, 0.25) is 0 Å². The lowest BCUT2D eigenvalue weighted by atomic mass is 9.63. The van der Waals surface area contributed by atoms with Crippen molar-refractivity contribution in [2.24, 2.45) is 5.41 Å². The summed E-state index contributed by atoms with van der Waals surface area (Å²) in [5.74, 6) is 2.40. The van der Waals surface area contributed by atoms with Crippen LogP contribution < -0.4 is 5.32 Å². The number of hydrogen-bond acceptors (Lipinski definition) is 6. The Morgan fingerprint density at radius 1 is 0.826 bits per heavy atom. The maximum absolute atomic E-state index is 5.77. The van der Waals surface area contributed by atoms with E-state index in [9.17, 15) is 0 Å². The summed E-state index contributed by atoms with van der Waals surface area (Å²) in [5.41, 5.74) is 0.578. The zero-order valence-corrected chi connectivity index (χ0v) is 13.9. The molecule has 1 heterocycles. The van der Waals surface area contributed by atoms with Crippen LogP contribution >= 0.6 is 0 Å². The fraction of sp³-hybridized carbons (Fsp3) is 0.882. The number of rotatable bonds is 14. The molecule has 1 N–H and O–H groups in total. The van der Waals surface area contributed by atoms with E-state index in [0.29, 0.717) is 71.0 Å². The molecule has 0 aromatic heterocycles. The quantitative estimate of drug-likeness (QED) is 0.369. The average molecular weight is 327 g/mol. The summed E-state index contributed by atoms with van der Waals surface area (Å²) in [4.78, 5) is 0. The molecule has 0 aromatic carbocycles. The molecule has 2 aliphatic rings. The summed E-state index contributed by atoms with van der Waals surface area (Å²) in [7, 11) is 0. The lowest BCUT2D eigenvalue weighted by molar-refractivity contribution is -0.114. The molecule has 1 aliphatic heterocycles. The van der Waals surface area contributed by atoms with Gasteiger partial charge in [-0.05, 0) is 12.8 Å². The minimum Gasteiger partial charge on any atom is -0.377 e. The molecule has 0 bridgehead atoms. The van der Waals surface area contributed by atoms with Crippen molar-refractivity contribution in [1.82, 2.24) is 5.32 Å². The third-order valence-corrected chi connectivity index (χ3v) is 4.20. The van der Waals surface area contributed by atoms with Gasteiger partial charge in [-0.2, -0.15) is 0 Å². The van der Waals surface area contributed by atoms with E-state index in [4.69, 9.17) is 30.1 Å². The molecule has 6 heteroatoms. The number of nitrogens with one attached hydrogen (secondary N) is 1. The van der Waals surface area contributed by atoms with Crippen LogP contribution in [0.3, 0.4) is 0 Å². The summed E-state index contributed by atoms with van der Waals surface area (Å²) >= 11 is 0. The Morgan fingerprint density at radius 2 is 1.35 bits per heavy atom. The minimum atomic E-state index is 0.333. The second kappa shape index (κ2) is 11.0. The number of terminal acetylenes is 1. The van der Waals surface area contributed by atoms with Crippen LogP contribution in [0.5, 0.6) is 0 Å². The predicted octanol–water partition coefficient (Wildman–Crippen LogP) is 0.455. The van der Waals surface area contributed by atoms with Gasteiger partial charge in [-0.3, -0.25) is 0 Å². The van der Waals surface area contributed by atoms with Gasteiger partial charge in [-0.1, -0.05) is 5.92 Å². The highest BCUT2D eigenvalue weighted by molar-refractivity contribution is 5.03. The van der Waals surface area contributed by atoms with Crippen LogP contribution in [0.15, 0.2) is 0 Å². The highest BCUT2D eigenvalue weighted by Gasteiger charge is 2.48. The molecule has 0 radical (unpaired) electrons. The Morgan fingerprint density at radius 3 is 1.83 bits per heavy atom. The van der Waals surface area contributed by atoms with E-state index in [1.807, 2.05) is 0 Å². The Bertz CT molecular complexity index is 345. The first-order chi connectivity index (χ1) is 11.3. The largest absolute Gasteiger partial charge is 0.377 e. The Hall–Kier alpha value is -0.680. The highest BCUT2D eigenvalue weighted by Crippen LogP contribution is 2.45. The first-order valence-corrected chi connectivity index (χ1v) is 8.41. The van der Waals surface area contributed by atoms with Crippen molar-refractivity contribution >= 4 is 0 Å². The fourth-order valence-electron chi connectivity index (χ4n) is 2.86. The summed E-state index contributed by atoms with van der Waals surface area (Å²) in [6.07, 6.45) is 7.91. The molecule has 1 saturated carbocycles. The van der Waals surface area contributed by atoms with E-state index in [0.717, 1.165) is 0 Å². The van der Waals surface area contributed by atoms with E-state index in [1.54, 1.807) is 0 Å². The molecular formula is C17H29NO5. The topological polar surface area (TPSA) is 58.2 Å². The van der Waals surface area contributed by atoms with Gasteiger partial charge in [0.25, 0.3) is 0 Å². The third-order valence-electron chi connectivity index (χ3n) is 4.20. The van der Waals surface area contributed by atoms with Crippen LogP contribution in [0, 0.1) is 17.8 Å². The first kappa shape index (κ1) is 18.7. The Balaban J connectivity index is 1.22. The molecule has 2 rings (SSSR count). The molecule has 132 valence electrons. The maximum Gasteiger partial charge on any atom is 0.107 e. The molecule has 2 fully saturated rings. The lowest BCUT2D eigenvalue weighted by Gasteiger charge is -2.54. The smallest absolute Gasteiger partial charge is 0.107 e. The number of hydrogen-bond donors (Lipinski definition) is 1. The van der Waals surface area contributed by atoms with Crippen molar-refractivity contribution in [1.29, 1.82) is 0 Å². The molecule has 0 amide bonds. The second-order valence-corrected chi connectivity index (χ2v) is 6.10. The average Bonchev–Trinajstić information content (AvgIpc) is 2.47. The van der Waals surface area contributed by atoms with E-state index in [2.05, 4.69) is 11.2 Å². The Labute approximate surface area is 139 Å². The molecule has 0 aromatic rings. The summed E-state index contributed by atoms with van der Waals surface area (Å²) in [5, 5.41) is 3.33. The summed E-state index contributed by atoms with van der Waals surface area (Å²) < 4.78 is 27.0. The van der Waals surface area contributed by atoms with Crippen molar-refractivity contribution in [3.63, 3.8) is 0 Å². The van der Waals surface area contributed by atoms with Gasteiger partial charge in [0, 0.05) is 18.5 Å². The van der Waals surface area contributed by atoms with Crippen molar-refractivity contribution in [2.75, 3.05) is 72.6 Å². The van der Waals surface area contributed by atoms with Gasteiger partial charge in [0.2, 0.25) is 0 Å². The second-order valence-electron chi connectivity index (χ2n) is 6.10. The highest BCUT2D eigenvalue weighted by atomic mass is 16.6. The molecule has 0 unspecified atom stereocenters. The van der Waals surface area contributed by atoms with Crippen LogP contribution in [0.4, 0.5) is 0 Å². The van der Waals surface area contributed by atoms with Crippen molar-refractivity contribution in [3.8, 4) is 12.3 Å². The van der Waals surface area contributed by atoms with Gasteiger partial charge >= 0.3 is 0 Å². The summed E-state index contributed by atoms with van der Waals surface area (Å²) in [6.45, 7) is 7.33. The van der Waals surface area contributed by atoms with Gasteiger partial charge in [0.15, 0.2) is 0 Å². The van der Waals surface area contributed by atoms with Crippen molar-refractivity contribution in [3.05, 3.63) is 0 Å². The zero-order valence-electron chi connectivity index (χ0n) is 13.9. The van der Waals surface area contributed by atoms with E-state index in [-0.39, 0.29) is 0 Å². The number of ether oxygens (including phenoxy) is 5. The van der Waals surface area contributed by atoms with E-state index in [1.165, 1.54) is 25.9 Å².